The summed E-state index contributed by atoms with van der Waals surface area (Å²) < 4.78 is 0. The lowest BCUT2D eigenvalue weighted by Crippen LogP contribution is -2.32. The normalized spacial score (nSPS) is 22.2. The molecule has 22 heavy (non-hydrogen) atoms. The second-order valence-electron chi connectivity index (χ2n) is 5.69. The molecule has 2 aliphatic rings. The summed E-state index contributed by atoms with van der Waals surface area (Å²) in [6.45, 7) is 0.568. The number of fused-ring (bicyclic) bond motifs is 1. The predicted octanol–water partition coefficient (Wildman–Crippen LogP) is 0.628. The van der Waals surface area contributed by atoms with Gasteiger partial charge in [-0.1, -0.05) is 42.5 Å². The molecule has 0 spiro atoms. The fourth-order valence-electron chi connectivity index (χ4n) is 2.80. The van der Waals surface area contributed by atoms with Crippen molar-refractivity contribution in [3.63, 3.8) is 0 Å². The summed E-state index contributed by atoms with van der Waals surface area (Å²) >= 11 is 0. The van der Waals surface area contributed by atoms with Gasteiger partial charge in [0.15, 0.2) is 0 Å². The fraction of sp³-hybridized carbons (Fsp3) is 0.235. The van der Waals surface area contributed by atoms with Crippen molar-refractivity contribution in [2.24, 2.45) is 11.8 Å². The van der Waals surface area contributed by atoms with Crippen LogP contribution in [0, 0.1) is 11.8 Å². The molecule has 1 amide bonds. The summed E-state index contributed by atoms with van der Waals surface area (Å²) in [7, 11) is -1.55. The van der Waals surface area contributed by atoms with Crippen molar-refractivity contribution in [3.05, 3.63) is 59.7 Å². The molecule has 1 saturated carbocycles. The van der Waals surface area contributed by atoms with Crippen LogP contribution in [0.25, 0.3) is 6.08 Å². The third kappa shape index (κ3) is 3.38. The van der Waals surface area contributed by atoms with Crippen LogP contribution >= 0.6 is 0 Å². The highest BCUT2D eigenvalue weighted by molar-refractivity contribution is 6.59. The maximum Gasteiger partial charge on any atom is 0.489 e. The fourth-order valence-corrected chi connectivity index (χ4v) is 2.80. The van der Waals surface area contributed by atoms with Crippen LogP contribution in [-0.2, 0) is 4.79 Å². The monoisotopic (exact) mass is 295 g/mol. The average molecular weight is 295 g/mol. The highest BCUT2D eigenvalue weighted by Crippen LogP contribution is 2.46. The number of rotatable bonds is 5. The van der Waals surface area contributed by atoms with Gasteiger partial charge < -0.3 is 15.4 Å². The van der Waals surface area contributed by atoms with Crippen molar-refractivity contribution in [2.45, 2.75) is 6.42 Å². The van der Waals surface area contributed by atoms with Crippen LogP contribution in [0.3, 0.4) is 0 Å². The number of carbonyl (C=O) groups is 1. The van der Waals surface area contributed by atoms with E-state index in [4.69, 9.17) is 0 Å². The van der Waals surface area contributed by atoms with Crippen LogP contribution < -0.4 is 10.8 Å². The minimum absolute atomic E-state index is 0.185. The van der Waals surface area contributed by atoms with E-state index in [-0.39, 0.29) is 5.91 Å². The average Bonchev–Trinajstić information content (AvgIpc) is 3.31. The van der Waals surface area contributed by atoms with E-state index in [1.807, 2.05) is 0 Å². The minimum atomic E-state index is -1.55. The molecule has 4 nitrogen and oxygen atoms in total. The van der Waals surface area contributed by atoms with Gasteiger partial charge >= 0.3 is 7.12 Å². The third-order valence-corrected chi connectivity index (χ3v) is 4.14. The number of benzene rings is 1. The first-order valence-corrected chi connectivity index (χ1v) is 7.43. The molecule has 3 N–H and O–H groups in total. The molecule has 2 aliphatic carbocycles. The smallest absolute Gasteiger partial charge is 0.423 e. The first kappa shape index (κ1) is 14.8. The molecule has 2 atom stereocenters. The maximum absolute atomic E-state index is 11.9. The first-order valence-electron chi connectivity index (χ1n) is 7.43. The number of carbonyl (C=O) groups excluding carboxylic acids is 1. The second kappa shape index (κ2) is 6.34. The van der Waals surface area contributed by atoms with Crippen LogP contribution in [0.4, 0.5) is 0 Å². The van der Waals surface area contributed by atoms with Gasteiger partial charge in [0.25, 0.3) is 0 Å². The van der Waals surface area contributed by atoms with Crippen molar-refractivity contribution < 1.29 is 14.8 Å². The molecule has 1 aromatic rings. The molecule has 112 valence electrons. The molecule has 0 aromatic heterocycles. The van der Waals surface area contributed by atoms with E-state index in [2.05, 4.69) is 23.5 Å². The molecule has 0 bridgehead atoms. The van der Waals surface area contributed by atoms with Crippen LogP contribution in [0.15, 0.2) is 54.1 Å². The number of nitrogens with one attached hydrogen (secondary N) is 1. The zero-order chi connectivity index (χ0) is 15.5. The molecule has 0 saturated heterocycles. The summed E-state index contributed by atoms with van der Waals surface area (Å²) in [5.41, 5.74) is 2.28. The molecular weight excluding hydrogens is 277 g/mol. The van der Waals surface area contributed by atoms with Gasteiger partial charge in [0.1, 0.15) is 0 Å². The lowest BCUT2D eigenvalue weighted by molar-refractivity contribution is -0.116. The molecular formula is C17H18BNO3. The number of hydrogen-bond donors (Lipinski definition) is 3. The zero-order valence-electron chi connectivity index (χ0n) is 12.1. The first-order chi connectivity index (χ1) is 10.6. The van der Waals surface area contributed by atoms with E-state index in [9.17, 15) is 14.8 Å². The number of allylic oxidation sites excluding steroid dienone is 3. The van der Waals surface area contributed by atoms with Gasteiger partial charge in [-0.05, 0) is 40.9 Å². The standard InChI is InChI=1S/C17H18BNO3/c20-17(19-11-14-6-3-5-13-10-15(13)14)9-8-12-4-1-2-7-16(12)18(21)22/h1-9,13,15,21-22H,10-11H2,(H,19,20). The van der Waals surface area contributed by atoms with Gasteiger partial charge in [-0.15, -0.1) is 0 Å². The molecule has 3 rings (SSSR count). The van der Waals surface area contributed by atoms with Crippen LogP contribution in [0.1, 0.15) is 12.0 Å². The van der Waals surface area contributed by atoms with Crippen molar-refractivity contribution in [3.8, 4) is 0 Å². The van der Waals surface area contributed by atoms with E-state index < -0.39 is 7.12 Å². The van der Waals surface area contributed by atoms with Crippen LogP contribution in [0.2, 0.25) is 0 Å². The summed E-state index contributed by atoms with van der Waals surface area (Å²) in [4.78, 5) is 11.9. The van der Waals surface area contributed by atoms with Gasteiger partial charge in [0, 0.05) is 12.6 Å². The number of hydrogen-bond acceptors (Lipinski definition) is 3. The highest BCUT2D eigenvalue weighted by Gasteiger charge is 2.38. The Morgan fingerprint density at radius 3 is 3.00 bits per heavy atom. The van der Waals surface area contributed by atoms with Gasteiger partial charge in [-0.3, -0.25) is 4.79 Å². The molecule has 2 unspecified atom stereocenters. The van der Waals surface area contributed by atoms with Gasteiger partial charge in [0.2, 0.25) is 5.91 Å². The molecule has 5 heteroatoms. The number of amides is 1. The van der Waals surface area contributed by atoms with Crippen molar-refractivity contribution in [1.29, 1.82) is 0 Å². The largest absolute Gasteiger partial charge is 0.489 e. The van der Waals surface area contributed by atoms with Crippen molar-refractivity contribution >= 4 is 24.6 Å². The Hall–Kier alpha value is -2.11. The van der Waals surface area contributed by atoms with Gasteiger partial charge in [0.05, 0.1) is 0 Å². The summed E-state index contributed by atoms with van der Waals surface area (Å²) in [6.07, 6.45) is 10.6. The maximum atomic E-state index is 11.9. The van der Waals surface area contributed by atoms with Gasteiger partial charge in [-0.25, -0.2) is 0 Å². The van der Waals surface area contributed by atoms with Crippen LogP contribution in [-0.4, -0.2) is 29.6 Å². The van der Waals surface area contributed by atoms with E-state index in [0.29, 0.717) is 29.4 Å². The van der Waals surface area contributed by atoms with E-state index in [1.54, 1.807) is 30.3 Å². The third-order valence-electron chi connectivity index (χ3n) is 4.14. The Labute approximate surface area is 130 Å². The predicted molar refractivity (Wildman–Crippen MR) is 87.1 cm³/mol. The van der Waals surface area contributed by atoms with E-state index >= 15 is 0 Å². The van der Waals surface area contributed by atoms with E-state index in [0.717, 1.165) is 0 Å². The Morgan fingerprint density at radius 1 is 1.36 bits per heavy atom. The Bertz CT molecular complexity index is 664. The molecule has 0 heterocycles. The molecule has 1 fully saturated rings. The van der Waals surface area contributed by atoms with Crippen LogP contribution in [0.5, 0.6) is 0 Å². The second-order valence-corrected chi connectivity index (χ2v) is 5.69. The summed E-state index contributed by atoms with van der Waals surface area (Å²) in [6, 6.07) is 6.87. The quantitative estimate of drug-likeness (QED) is 0.551. The molecule has 1 aromatic carbocycles. The molecule has 0 radical (unpaired) electrons. The Kier molecular flexibility index (Phi) is 4.27. The topological polar surface area (TPSA) is 69.6 Å². The minimum Gasteiger partial charge on any atom is -0.423 e. The van der Waals surface area contributed by atoms with E-state index in [1.165, 1.54) is 18.1 Å². The summed E-state index contributed by atoms with van der Waals surface area (Å²) in [5, 5.41) is 21.4. The highest BCUT2D eigenvalue weighted by atomic mass is 16.4. The SMILES string of the molecule is O=C(C=Cc1ccccc1B(O)O)NCC1=CC=CC2CC12. The lowest BCUT2D eigenvalue weighted by Gasteiger charge is -2.09. The lowest BCUT2D eigenvalue weighted by atomic mass is 9.77. The van der Waals surface area contributed by atoms with Crippen molar-refractivity contribution in [1.82, 2.24) is 5.32 Å². The van der Waals surface area contributed by atoms with Crippen molar-refractivity contribution in [2.75, 3.05) is 6.54 Å². The Morgan fingerprint density at radius 2 is 2.18 bits per heavy atom. The summed E-state index contributed by atoms with van der Waals surface area (Å²) in [5.74, 6) is 1.10. The Balaban J connectivity index is 1.58. The van der Waals surface area contributed by atoms with Gasteiger partial charge in [-0.2, -0.15) is 0 Å². The molecule has 0 aliphatic heterocycles. The zero-order valence-corrected chi connectivity index (χ0v) is 12.1.